The van der Waals surface area contributed by atoms with E-state index in [1.807, 2.05) is 0 Å². The third kappa shape index (κ3) is 5.69. The van der Waals surface area contributed by atoms with Gasteiger partial charge in [0.25, 0.3) is 5.91 Å². The van der Waals surface area contributed by atoms with Gasteiger partial charge in [0.1, 0.15) is 5.75 Å². The second-order valence-corrected chi connectivity index (χ2v) is 6.14. The summed E-state index contributed by atoms with van der Waals surface area (Å²) in [6.07, 6.45) is 6.03. The monoisotopic (exact) mass is 354 g/mol. The smallest absolute Gasteiger partial charge is 0.387 e. The molecule has 0 heterocycles. The molecule has 2 rings (SSSR count). The van der Waals surface area contributed by atoms with Crippen molar-refractivity contribution in [1.29, 1.82) is 0 Å². The summed E-state index contributed by atoms with van der Waals surface area (Å²) in [5.74, 6) is -0.135. The number of carbonyl (C=O) groups is 1. The van der Waals surface area contributed by atoms with Crippen molar-refractivity contribution in [2.75, 3.05) is 7.05 Å². The molecule has 1 amide bonds. The van der Waals surface area contributed by atoms with E-state index in [4.69, 9.17) is 4.84 Å². The van der Waals surface area contributed by atoms with E-state index in [9.17, 15) is 13.6 Å². The molecular formula is C18H24F2N2O3. The third-order valence-electron chi connectivity index (χ3n) is 4.36. The quantitative estimate of drug-likeness (QED) is 0.552. The Kier molecular flexibility index (Phi) is 7.16. The fraction of sp³-hybridized carbons (Fsp3) is 0.556. The number of carbonyl (C=O) groups excluding carboxylic acids is 1. The molecule has 0 aromatic heterocycles. The van der Waals surface area contributed by atoms with E-state index >= 15 is 0 Å². The van der Waals surface area contributed by atoms with Crippen LogP contribution in [0.4, 0.5) is 8.78 Å². The number of para-hydroxylation sites is 1. The number of oxime groups is 1. The Bertz CT molecular complexity index is 589. The van der Waals surface area contributed by atoms with Crippen molar-refractivity contribution < 1.29 is 23.1 Å². The maximum absolute atomic E-state index is 12.4. The highest BCUT2D eigenvalue weighted by molar-refractivity contribution is 5.83. The summed E-state index contributed by atoms with van der Waals surface area (Å²) in [6.45, 7) is -1.29. The zero-order valence-corrected chi connectivity index (χ0v) is 14.5. The average Bonchev–Trinajstić information content (AvgIpc) is 2.62. The Morgan fingerprint density at radius 2 is 1.96 bits per heavy atom. The van der Waals surface area contributed by atoms with Crippen LogP contribution >= 0.6 is 0 Å². The number of likely N-dealkylation sites (N-methyl/N-ethyl adjacent to an activating group) is 1. The van der Waals surface area contributed by atoms with Crippen LogP contribution in [-0.4, -0.2) is 42.8 Å². The number of amides is 1. The second-order valence-electron chi connectivity index (χ2n) is 6.14. The molecule has 0 bridgehead atoms. The molecule has 1 aromatic rings. The molecule has 5 nitrogen and oxygen atoms in total. The van der Waals surface area contributed by atoms with Crippen molar-refractivity contribution in [1.82, 2.24) is 4.90 Å². The number of rotatable bonds is 7. The number of halogens is 2. The van der Waals surface area contributed by atoms with Crippen molar-refractivity contribution in [2.24, 2.45) is 5.16 Å². The van der Waals surface area contributed by atoms with Crippen LogP contribution in [-0.2, 0) is 9.63 Å². The van der Waals surface area contributed by atoms with Crippen molar-refractivity contribution in [3.63, 3.8) is 0 Å². The minimum absolute atomic E-state index is 0.00292. The molecule has 0 spiro atoms. The molecule has 0 saturated heterocycles. The van der Waals surface area contributed by atoms with Crippen LogP contribution < -0.4 is 4.74 Å². The van der Waals surface area contributed by atoms with Gasteiger partial charge in [0.2, 0.25) is 6.10 Å². The highest BCUT2D eigenvalue weighted by Gasteiger charge is 2.26. The summed E-state index contributed by atoms with van der Waals surface area (Å²) < 4.78 is 29.2. The predicted molar refractivity (Wildman–Crippen MR) is 90.9 cm³/mol. The van der Waals surface area contributed by atoms with Crippen LogP contribution in [0.2, 0.25) is 0 Å². The summed E-state index contributed by atoms with van der Waals surface area (Å²) in [7, 11) is 1.79. The lowest BCUT2D eigenvalue weighted by Crippen LogP contribution is -2.43. The lowest BCUT2D eigenvalue weighted by atomic mass is 9.94. The number of nitrogens with zero attached hydrogens (tertiary/aromatic N) is 2. The highest BCUT2D eigenvalue weighted by atomic mass is 19.3. The predicted octanol–water partition coefficient (Wildman–Crippen LogP) is 3.82. The number of hydrogen-bond acceptors (Lipinski definition) is 4. The van der Waals surface area contributed by atoms with Gasteiger partial charge in [0, 0.05) is 18.7 Å². The molecule has 7 heteroatoms. The molecule has 0 N–H and O–H groups in total. The van der Waals surface area contributed by atoms with E-state index in [-0.39, 0.29) is 17.7 Å². The van der Waals surface area contributed by atoms with E-state index in [1.54, 1.807) is 37.1 Å². The normalized spacial score (nSPS) is 16.8. The summed E-state index contributed by atoms with van der Waals surface area (Å²) in [5, 5.41) is 3.76. The minimum atomic E-state index is -2.92. The average molecular weight is 354 g/mol. The number of benzene rings is 1. The van der Waals surface area contributed by atoms with Crippen LogP contribution in [0.3, 0.4) is 0 Å². The van der Waals surface area contributed by atoms with Gasteiger partial charge in [-0.3, -0.25) is 4.79 Å². The molecule has 0 radical (unpaired) electrons. The van der Waals surface area contributed by atoms with Crippen LogP contribution in [0.25, 0.3) is 0 Å². The van der Waals surface area contributed by atoms with E-state index in [2.05, 4.69) is 9.89 Å². The van der Waals surface area contributed by atoms with Crippen molar-refractivity contribution in [3.8, 4) is 5.75 Å². The first-order valence-corrected chi connectivity index (χ1v) is 8.48. The first-order valence-electron chi connectivity index (χ1n) is 8.48. The van der Waals surface area contributed by atoms with E-state index in [1.165, 1.54) is 18.7 Å². The van der Waals surface area contributed by atoms with Gasteiger partial charge in [-0.15, -0.1) is 0 Å². The molecule has 138 valence electrons. The maximum atomic E-state index is 12.4. The minimum Gasteiger partial charge on any atom is -0.434 e. The molecule has 1 aromatic carbocycles. The van der Waals surface area contributed by atoms with Gasteiger partial charge in [-0.2, -0.15) is 8.78 Å². The van der Waals surface area contributed by atoms with E-state index in [0.29, 0.717) is 5.56 Å². The van der Waals surface area contributed by atoms with Crippen LogP contribution in [0.15, 0.2) is 29.4 Å². The number of ether oxygens (including phenoxy) is 1. The second kappa shape index (κ2) is 9.34. The van der Waals surface area contributed by atoms with Crippen LogP contribution in [0.5, 0.6) is 5.75 Å². The van der Waals surface area contributed by atoms with Gasteiger partial charge in [-0.25, -0.2) is 0 Å². The van der Waals surface area contributed by atoms with Gasteiger partial charge in [-0.05, 0) is 31.9 Å². The van der Waals surface area contributed by atoms with E-state index < -0.39 is 12.7 Å². The van der Waals surface area contributed by atoms with Gasteiger partial charge < -0.3 is 14.5 Å². The maximum Gasteiger partial charge on any atom is 0.387 e. The summed E-state index contributed by atoms with van der Waals surface area (Å²) in [6, 6.07) is 6.49. The van der Waals surface area contributed by atoms with Crippen molar-refractivity contribution >= 4 is 12.1 Å². The third-order valence-corrected chi connectivity index (χ3v) is 4.36. The Morgan fingerprint density at radius 1 is 1.28 bits per heavy atom. The first-order chi connectivity index (χ1) is 12.0. The SMILES string of the molecule is CC(ON=Cc1ccccc1OC(F)F)C(=O)N(C)C1CCCCC1. The fourth-order valence-corrected chi connectivity index (χ4v) is 2.95. The van der Waals surface area contributed by atoms with Gasteiger partial charge >= 0.3 is 6.61 Å². The molecule has 1 unspecified atom stereocenters. The largest absolute Gasteiger partial charge is 0.434 e. The Labute approximate surface area is 146 Å². The van der Waals surface area contributed by atoms with Crippen molar-refractivity contribution in [3.05, 3.63) is 29.8 Å². The Hall–Kier alpha value is -2.18. The van der Waals surface area contributed by atoms with Gasteiger partial charge in [0.15, 0.2) is 0 Å². The molecule has 1 aliphatic rings. The lowest BCUT2D eigenvalue weighted by molar-refractivity contribution is -0.144. The van der Waals surface area contributed by atoms with Crippen LogP contribution in [0, 0.1) is 0 Å². The molecule has 25 heavy (non-hydrogen) atoms. The number of alkyl halides is 2. The molecule has 1 fully saturated rings. The molecule has 1 saturated carbocycles. The lowest BCUT2D eigenvalue weighted by Gasteiger charge is -2.32. The standard InChI is InChI=1S/C18H24F2N2O3/c1-13(17(23)22(2)15-9-4-3-5-10-15)25-21-12-14-8-6-7-11-16(14)24-18(19)20/h6-8,11-13,15,18H,3-5,9-10H2,1-2H3. The summed E-state index contributed by atoms with van der Waals surface area (Å²) >= 11 is 0. The zero-order chi connectivity index (χ0) is 18.2. The van der Waals surface area contributed by atoms with E-state index in [0.717, 1.165) is 25.7 Å². The molecule has 1 aliphatic carbocycles. The molecule has 0 aliphatic heterocycles. The Balaban J connectivity index is 1.91. The summed E-state index contributed by atoms with van der Waals surface area (Å²) in [5.41, 5.74) is 0.350. The zero-order valence-electron chi connectivity index (χ0n) is 14.5. The molecule has 1 atom stereocenters. The number of hydrogen-bond donors (Lipinski definition) is 0. The first kappa shape index (κ1) is 19.1. The van der Waals surface area contributed by atoms with Gasteiger partial charge in [-0.1, -0.05) is 36.6 Å². The van der Waals surface area contributed by atoms with Crippen molar-refractivity contribution in [2.45, 2.75) is 57.8 Å². The summed E-state index contributed by atoms with van der Waals surface area (Å²) in [4.78, 5) is 19.3. The Morgan fingerprint density at radius 3 is 2.64 bits per heavy atom. The van der Waals surface area contributed by atoms with Gasteiger partial charge in [0.05, 0.1) is 6.21 Å². The topological polar surface area (TPSA) is 51.1 Å². The fourth-order valence-electron chi connectivity index (χ4n) is 2.95. The molecular weight excluding hydrogens is 330 g/mol. The highest BCUT2D eigenvalue weighted by Crippen LogP contribution is 2.22. The van der Waals surface area contributed by atoms with Crippen LogP contribution in [0.1, 0.15) is 44.6 Å².